The van der Waals surface area contributed by atoms with Crippen LogP contribution in [0.3, 0.4) is 0 Å². The summed E-state index contributed by atoms with van der Waals surface area (Å²) in [5, 5.41) is 0. The SMILES string of the molecule is C=CCOC(=O)c1ccccc1C(=O)OCC=C.C=CCOCC=C. The third-order valence-corrected chi connectivity index (χ3v) is 2.50. The van der Waals surface area contributed by atoms with Gasteiger partial charge in [0, 0.05) is 0 Å². The van der Waals surface area contributed by atoms with E-state index >= 15 is 0 Å². The molecule has 0 radical (unpaired) electrons. The van der Waals surface area contributed by atoms with E-state index in [0.717, 1.165) is 0 Å². The second kappa shape index (κ2) is 14.7. The number of hydrogen-bond acceptors (Lipinski definition) is 5. The van der Waals surface area contributed by atoms with E-state index in [1.807, 2.05) is 0 Å². The zero-order valence-corrected chi connectivity index (χ0v) is 14.3. The van der Waals surface area contributed by atoms with Gasteiger partial charge in [0.05, 0.1) is 24.3 Å². The molecule has 5 heteroatoms. The van der Waals surface area contributed by atoms with Crippen LogP contribution < -0.4 is 0 Å². The van der Waals surface area contributed by atoms with Gasteiger partial charge >= 0.3 is 11.9 Å². The first-order valence-corrected chi connectivity index (χ1v) is 7.56. The zero-order valence-electron chi connectivity index (χ0n) is 14.3. The first kappa shape index (κ1) is 22.1. The second-order valence-corrected chi connectivity index (χ2v) is 4.43. The molecule has 0 saturated carbocycles. The van der Waals surface area contributed by atoms with Crippen LogP contribution >= 0.6 is 0 Å². The summed E-state index contributed by atoms with van der Waals surface area (Å²) >= 11 is 0. The normalized spacial score (nSPS) is 8.96. The van der Waals surface area contributed by atoms with Crippen LogP contribution in [0.2, 0.25) is 0 Å². The van der Waals surface area contributed by atoms with E-state index in [2.05, 4.69) is 26.3 Å². The number of esters is 2. The highest BCUT2D eigenvalue weighted by atomic mass is 16.5. The predicted molar refractivity (Wildman–Crippen MR) is 98.6 cm³/mol. The Kier molecular flexibility index (Phi) is 12.9. The van der Waals surface area contributed by atoms with Gasteiger partial charge in [-0.1, -0.05) is 49.6 Å². The molecule has 0 amide bonds. The monoisotopic (exact) mass is 344 g/mol. The average Bonchev–Trinajstić information content (AvgIpc) is 2.65. The van der Waals surface area contributed by atoms with Crippen LogP contribution in [0.4, 0.5) is 0 Å². The number of ether oxygens (including phenoxy) is 3. The minimum Gasteiger partial charge on any atom is -0.458 e. The van der Waals surface area contributed by atoms with Crippen molar-refractivity contribution in [1.29, 1.82) is 0 Å². The quantitative estimate of drug-likeness (QED) is 0.367. The molecule has 5 nitrogen and oxygen atoms in total. The third kappa shape index (κ3) is 9.73. The summed E-state index contributed by atoms with van der Waals surface area (Å²) in [5.74, 6) is -1.16. The Labute approximate surface area is 148 Å². The molecule has 0 atom stereocenters. The summed E-state index contributed by atoms with van der Waals surface area (Å²) in [4.78, 5) is 23.4. The van der Waals surface area contributed by atoms with E-state index in [4.69, 9.17) is 14.2 Å². The van der Waals surface area contributed by atoms with Crippen molar-refractivity contribution in [1.82, 2.24) is 0 Å². The van der Waals surface area contributed by atoms with Crippen molar-refractivity contribution in [2.75, 3.05) is 26.4 Å². The van der Waals surface area contributed by atoms with Gasteiger partial charge < -0.3 is 14.2 Å². The highest BCUT2D eigenvalue weighted by Gasteiger charge is 2.18. The highest BCUT2D eigenvalue weighted by Crippen LogP contribution is 2.12. The van der Waals surface area contributed by atoms with E-state index < -0.39 is 11.9 Å². The van der Waals surface area contributed by atoms with Gasteiger partial charge in [-0.05, 0) is 12.1 Å². The Hall–Kier alpha value is -2.92. The van der Waals surface area contributed by atoms with Crippen LogP contribution in [-0.4, -0.2) is 38.4 Å². The molecule has 1 aromatic carbocycles. The van der Waals surface area contributed by atoms with Crippen molar-refractivity contribution in [3.63, 3.8) is 0 Å². The molecule has 0 aliphatic rings. The lowest BCUT2D eigenvalue weighted by atomic mass is 10.1. The smallest absolute Gasteiger partial charge is 0.339 e. The standard InChI is InChI=1S/C14H14O4.C6H10O/c1-3-9-17-13(15)11-7-5-6-8-12(11)14(16)18-10-4-2;1-3-5-7-6-4-2/h3-8H,1-2,9-10H2;3-4H,1-2,5-6H2. The van der Waals surface area contributed by atoms with Crippen LogP contribution in [0.5, 0.6) is 0 Å². The molecule has 134 valence electrons. The fourth-order valence-corrected chi connectivity index (χ4v) is 1.50. The number of benzene rings is 1. The second-order valence-electron chi connectivity index (χ2n) is 4.43. The molecule has 0 N–H and O–H groups in total. The van der Waals surface area contributed by atoms with Crippen molar-refractivity contribution < 1.29 is 23.8 Å². The maximum Gasteiger partial charge on any atom is 0.339 e. The molecule has 0 aliphatic carbocycles. The molecular formula is C20H24O5. The summed E-state index contributed by atoms with van der Waals surface area (Å²) in [6.45, 7) is 15.3. The van der Waals surface area contributed by atoms with Gasteiger partial charge in [0.1, 0.15) is 13.2 Å². The van der Waals surface area contributed by atoms with Gasteiger partial charge in [-0.3, -0.25) is 0 Å². The molecule has 1 rings (SSSR count). The van der Waals surface area contributed by atoms with Crippen LogP contribution in [0.1, 0.15) is 20.7 Å². The Balaban J connectivity index is 0.000000697. The van der Waals surface area contributed by atoms with Crippen molar-refractivity contribution in [2.45, 2.75) is 0 Å². The maximum atomic E-state index is 11.7. The lowest BCUT2D eigenvalue weighted by Crippen LogP contribution is -2.14. The van der Waals surface area contributed by atoms with Crippen molar-refractivity contribution in [3.8, 4) is 0 Å². The first-order valence-electron chi connectivity index (χ1n) is 7.56. The molecule has 0 unspecified atom stereocenters. The van der Waals surface area contributed by atoms with Crippen LogP contribution in [0.25, 0.3) is 0 Å². The minimum atomic E-state index is -0.582. The molecule has 0 spiro atoms. The van der Waals surface area contributed by atoms with Crippen LogP contribution in [0.15, 0.2) is 74.9 Å². The molecule has 25 heavy (non-hydrogen) atoms. The van der Waals surface area contributed by atoms with Gasteiger partial charge in [0.2, 0.25) is 0 Å². The van der Waals surface area contributed by atoms with Gasteiger partial charge in [-0.2, -0.15) is 0 Å². The average molecular weight is 344 g/mol. The molecule has 1 aromatic rings. The first-order chi connectivity index (χ1) is 12.1. The van der Waals surface area contributed by atoms with Crippen LogP contribution in [-0.2, 0) is 14.2 Å². The molecule has 0 aliphatic heterocycles. The number of carbonyl (C=O) groups is 2. The molecule has 0 fully saturated rings. The maximum absolute atomic E-state index is 11.7. The number of carbonyl (C=O) groups excluding carboxylic acids is 2. The fourth-order valence-electron chi connectivity index (χ4n) is 1.50. The molecule has 0 bridgehead atoms. The Morgan fingerprint density at radius 3 is 1.40 bits per heavy atom. The van der Waals surface area contributed by atoms with Gasteiger partial charge in [-0.15, -0.1) is 13.2 Å². The summed E-state index contributed by atoms with van der Waals surface area (Å²) in [7, 11) is 0. The number of rotatable bonds is 10. The third-order valence-electron chi connectivity index (χ3n) is 2.50. The Morgan fingerprint density at radius 1 is 0.720 bits per heavy atom. The predicted octanol–water partition coefficient (Wildman–Crippen LogP) is 3.75. The highest BCUT2D eigenvalue weighted by molar-refractivity contribution is 6.03. The summed E-state index contributed by atoms with van der Waals surface area (Å²) in [6, 6.07) is 6.31. The summed E-state index contributed by atoms with van der Waals surface area (Å²) in [6.07, 6.45) is 6.33. The molecule has 0 aromatic heterocycles. The summed E-state index contributed by atoms with van der Waals surface area (Å²) in [5.41, 5.74) is 0.349. The Bertz CT molecular complexity index is 539. The van der Waals surface area contributed by atoms with Gasteiger partial charge in [0.25, 0.3) is 0 Å². The Morgan fingerprint density at radius 2 is 1.08 bits per heavy atom. The van der Waals surface area contributed by atoms with Crippen LogP contribution in [0, 0.1) is 0 Å². The van der Waals surface area contributed by atoms with Gasteiger partial charge in [-0.25, -0.2) is 9.59 Å². The van der Waals surface area contributed by atoms with E-state index in [1.165, 1.54) is 24.3 Å². The van der Waals surface area contributed by atoms with Crippen molar-refractivity contribution in [2.24, 2.45) is 0 Å². The van der Waals surface area contributed by atoms with E-state index in [-0.39, 0.29) is 24.3 Å². The van der Waals surface area contributed by atoms with E-state index in [0.29, 0.717) is 13.2 Å². The zero-order chi connectivity index (χ0) is 18.9. The lowest BCUT2D eigenvalue weighted by molar-refractivity contribution is 0.0503. The van der Waals surface area contributed by atoms with Crippen molar-refractivity contribution in [3.05, 3.63) is 86.0 Å². The molecule has 0 saturated heterocycles. The summed E-state index contributed by atoms with van der Waals surface area (Å²) < 4.78 is 14.7. The van der Waals surface area contributed by atoms with E-state index in [9.17, 15) is 9.59 Å². The largest absolute Gasteiger partial charge is 0.458 e. The molecule has 0 heterocycles. The minimum absolute atomic E-state index is 0.0921. The van der Waals surface area contributed by atoms with Gasteiger partial charge in [0.15, 0.2) is 0 Å². The fraction of sp³-hybridized carbons (Fsp3) is 0.200. The topological polar surface area (TPSA) is 61.8 Å². The number of hydrogen-bond donors (Lipinski definition) is 0. The molecular weight excluding hydrogens is 320 g/mol. The van der Waals surface area contributed by atoms with E-state index in [1.54, 1.807) is 24.3 Å². The van der Waals surface area contributed by atoms with Crippen molar-refractivity contribution >= 4 is 11.9 Å². The lowest BCUT2D eigenvalue weighted by Gasteiger charge is -2.07.